The van der Waals surface area contributed by atoms with Gasteiger partial charge in [-0.15, -0.1) is 0 Å². The molecule has 1 atom stereocenters. The van der Waals surface area contributed by atoms with Gasteiger partial charge in [-0.05, 0) is 85.3 Å². The summed E-state index contributed by atoms with van der Waals surface area (Å²) in [5, 5.41) is 3.68. The van der Waals surface area contributed by atoms with Gasteiger partial charge in [0.15, 0.2) is 0 Å². The summed E-state index contributed by atoms with van der Waals surface area (Å²) in [7, 11) is 0. The number of ether oxygens (including phenoxy) is 1. The van der Waals surface area contributed by atoms with Crippen molar-refractivity contribution < 1.29 is 4.74 Å². The smallest absolute Gasteiger partial charge is 0.135 e. The van der Waals surface area contributed by atoms with Crippen LogP contribution < -0.4 is 10.1 Å². The molecule has 0 saturated heterocycles. The van der Waals surface area contributed by atoms with Crippen molar-refractivity contribution in [2.24, 2.45) is 5.92 Å². The van der Waals surface area contributed by atoms with Crippen molar-refractivity contribution in [1.82, 2.24) is 0 Å². The van der Waals surface area contributed by atoms with E-state index in [0.717, 1.165) is 22.3 Å². The number of benzene rings is 2. The number of anilines is 1. The molecule has 4 rings (SSSR count). The van der Waals surface area contributed by atoms with Gasteiger partial charge >= 0.3 is 0 Å². The van der Waals surface area contributed by atoms with Gasteiger partial charge in [0.1, 0.15) is 11.5 Å². The minimum atomic E-state index is 0.165. The second-order valence-corrected chi connectivity index (χ2v) is 9.29. The van der Waals surface area contributed by atoms with E-state index in [1.807, 2.05) is 0 Å². The van der Waals surface area contributed by atoms with E-state index in [-0.39, 0.29) is 6.04 Å². The summed E-state index contributed by atoms with van der Waals surface area (Å²) < 4.78 is 7.68. The molecule has 2 nitrogen and oxygen atoms in total. The highest BCUT2D eigenvalue weighted by Gasteiger charge is 2.26. The van der Waals surface area contributed by atoms with E-state index in [1.165, 1.54) is 60.1 Å². The fourth-order valence-electron chi connectivity index (χ4n) is 4.53. The molecule has 1 saturated carbocycles. The van der Waals surface area contributed by atoms with E-state index >= 15 is 0 Å². The number of allylic oxidation sites excluding steroid dienone is 2. The molecule has 1 N–H and O–H groups in total. The maximum Gasteiger partial charge on any atom is 0.135 e. The van der Waals surface area contributed by atoms with Crippen LogP contribution in [-0.4, -0.2) is 0 Å². The lowest BCUT2D eigenvalue weighted by atomic mass is 9.86. The summed E-state index contributed by atoms with van der Waals surface area (Å²) in [5.41, 5.74) is 6.23. The van der Waals surface area contributed by atoms with E-state index in [0.29, 0.717) is 5.92 Å². The number of hydrogen-bond acceptors (Lipinski definition) is 2. The van der Waals surface area contributed by atoms with Crippen molar-refractivity contribution in [3.63, 3.8) is 0 Å². The Morgan fingerprint density at radius 3 is 2.57 bits per heavy atom. The molecular formula is C25H30BrNO. The molecule has 28 heavy (non-hydrogen) atoms. The second kappa shape index (κ2) is 8.32. The van der Waals surface area contributed by atoms with Gasteiger partial charge in [0.05, 0.1) is 6.04 Å². The van der Waals surface area contributed by atoms with Crippen molar-refractivity contribution in [2.45, 2.75) is 65.3 Å². The van der Waals surface area contributed by atoms with Crippen LogP contribution in [0.5, 0.6) is 5.75 Å². The highest BCUT2D eigenvalue weighted by Crippen LogP contribution is 2.41. The fraction of sp³-hybridized carbons (Fsp3) is 0.440. The van der Waals surface area contributed by atoms with E-state index in [1.54, 1.807) is 0 Å². The van der Waals surface area contributed by atoms with E-state index in [4.69, 9.17) is 4.74 Å². The van der Waals surface area contributed by atoms with Crippen LogP contribution >= 0.6 is 15.9 Å². The van der Waals surface area contributed by atoms with Gasteiger partial charge in [-0.25, -0.2) is 0 Å². The number of halogens is 1. The summed E-state index contributed by atoms with van der Waals surface area (Å²) in [6.07, 6.45) is 9.89. The first-order valence-corrected chi connectivity index (χ1v) is 11.3. The van der Waals surface area contributed by atoms with Crippen LogP contribution in [0, 0.1) is 19.8 Å². The minimum Gasteiger partial charge on any atom is -0.461 e. The third-order valence-electron chi connectivity index (χ3n) is 6.05. The van der Waals surface area contributed by atoms with Crippen LogP contribution in [0.25, 0.3) is 0 Å². The Kier molecular flexibility index (Phi) is 5.82. The molecule has 1 aliphatic heterocycles. The van der Waals surface area contributed by atoms with Crippen molar-refractivity contribution in [3.05, 3.63) is 68.9 Å². The van der Waals surface area contributed by atoms with Gasteiger partial charge in [-0.2, -0.15) is 0 Å². The van der Waals surface area contributed by atoms with Crippen molar-refractivity contribution >= 4 is 21.6 Å². The molecule has 2 aliphatic rings. The first-order valence-electron chi connectivity index (χ1n) is 10.6. The number of rotatable bonds is 4. The average molecular weight is 440 g/mol. The Hall–Kier alpha value is -1.74. The fourth-order valence-corrected chi connectivity index (χ4v) is 5.14. The minimum absolute atomic E-state index is 0.165. The van der Waals surface area contributed by atoms with Crippen molar-refractivity contribution in [1.29, 1.82) is 0 Å². The lowest BCUT2D eigenvalue weighted by Gasteiger charge is -2.30. The molecule has 0 amide bonds. The number of aryl methyl sites for hydroxylation is 2. The van der Waals surface area contributed by atoms with Crippen LogP contribution in [0.4, 0.5) is 5.69 Å². The molecule has 3 heteroatoms. The molecule has 1 heterocycles. The molecule has 148 valence electrons. The highest BCUT2D eigenvalue weighted by molar-refractivity contribution is 9.10. The molecule has 1 unspecified atom stereocenters. The van der Waals surface area contributed by atoms with Crippen LogP contribution in [0.15, 0.2) is 46.6 Å². The Balaban J connectivity index is 1.61. The topological polar surface area (TPSA) is 21.3 Å². The SMILES string of the molecule is Cc1ccc(NC(C)c2cc(C)cc3c2OC(C2CCCCC2)=CC3)c(Br)c1. The summed E-state index contributed by atoms with van der Waals surface area (Å²) in [5.74, 6) is 2.89. The molecule has 1 aliphatic carbocycles. The standard InChI is InChI=1S/C25H30BrNO/c1-16-9-11-23(22(26)15-16)27-18(3)21-14-17(2)13-20-10-12-24(28-25(20)21)19-7-5-4-6-8-19/h9,11-15,18-19,27H,4-8,10H2,1-3H3. The maximum atomic E-state index is 6.58. The predicted molar refractivity (Wildman–Crippen MR) is 121 cm³/mol. The van der Waals surface area contributed by atoms with Crippen LogP contribution in [0.2, 0.25) is 0 Å². The van der Waals surface area contributed by atoms with Crippen LogP contribution in [0.1, 0.15) is 67.3 Å². The summed E-state index contributed by atoms with van der Waals surface area (Å²) in [6, 6.07) is 11.2. The summed E-state index contributed by atoms with van der Waals surface area (Å²) in [4.78, 5) is 0. The zero-order chi connectivity index (χ0) is 19.7. The van der Waals surface area contributed by atoms with Crippen molar-refractivity contribution in [2.75, 3.05) is 5.32 Å². The third kappa shape index (κ3) is 4.15. The van der Waals surface area contributed by atoms with Gasteiger partial charge in [0.25, 0.3) is 0 Å². The molecule has 1 fully saturated rings. The Morgan fingerprint density at radius 2 is 1.82 bits per heavy atom. The molecular weight excluding hydrogens is 410 g/mol. The Morgan fingerprint density at radius 1 is 1.04 bits per heavy atom. The van der Waals surface area contributed by atoms with E-state index < -0.39 is 0 Å². The van der Waals surface area contributed by atoms with Crippen LogP contribution in [0.3, 0.4) is 0 Å². The van der Waals surface area contributed by atoms with Gasteiger partial charge in [-0.3, -0.25) is 0 Å². The van der Waals surface area contributed by atoms with Gasteiger partial charge < -0.3 is 10.1 Å². The second-order valence-electron chi connectivity index (χ2n) is 8.44. The van der Waals surface area contributed by atoms with Crippen molar-refractivity contribution in [3.8, 4) is 5.75 Å². The first kappa shape index (κ1) is 19.6. The Bertz CT molecular complexity index is 896. The summed E-state index contributed by atoms with van der Waals surface area (Å²) in [6.45, 7) is 6.52. The van der Waals surface area contributed by atoms with E-state index in [9.17, 15) is 0 Å². The molecule has 2 aromatic rings. The number of fused-ring (bicyclic) bond motifs is 1. The summed E-state index contributed by atoms with van der Waals surface area (Å²) >= 11 is 3.70. The molecule has 0 bridgehead atoms. The predicted octanol–water partition coefficient (Wildman–Crippen LogP) is 7.64. The molecule has 0 radical (unpaired) electrons. The van der Waals surface area contributed by atoms with Gasteiger partial charge in [-0.1, -0.05) is 43.0 Å². The van der Waals surface area contributed by atoms with Crippen LogP contribution in [-0.2, 0) is 6.42 Å². The monoisotopic (exact) mass is 439 g/mol. The number of nitrogens with one attached hydrogen (secondary N) is 1. The first-order chi connectivity index (χ1) is 13.5. The molecule has 0 aromatic heterocycles. The van der Waals surface area contributed by atoms with Gasteiger partial charge in [0.2, 0.25) is 0 Å². The normalized spacial score (nSPS) is 18.1. The maximum absolute atomic E-state index is 6.58. The zero-order valence-electron chi connectivity index (χ0n) is 17.1. The highest BCUT2D eigenvalue weighted by atomic mass is 79.9. The molecule has 0 spiro atoms. The number of hydrogen-bond donors (Lipinski definition) is 1. The molecule has 2 aromatic carbocycles. The third-order valence-corrected chi connectivity index (χ3v) is 6.71. The lowest BCUT2D eigenvalue weighted by molar-refractivity contribution is 0.279. The largest absolute Gasteiger partial charge is 0.461 e. The van der Waals surface area contributed by atoms with E-state index in [2.05, 4.69) is 78.4 Å². The average Bonchev–Trinajstić information content (AvgIpc) is 2.69. The lowest BCUT2D eigenvalue weighted by Crippen LogP contribution is -2.19. The zero-order valence-corrected chi connectivity index (χ0v) is 18.7. The Labute approximate surface area is 177 Å². The van der Waals surface area contributed by atoms with Gasteiger partial charge in [0, 0.05) is 21.6 Å². The quantitative estimate of drug-likeness (QED) is 0.528.